The standard InChI is InChI=1S/C16H33N3O/c1-13(2)18-16(4,15(17)20)12-14(3)19-10-8-6-5-7-9-11-19/h13-14,18H,5-12H2,1-4H3,(H2,17,20). The summed E-state index contributed by atoms with van der Waals surface area (Å²) in [5.41, 5.74) is 5.02. The van der Waals surface area contributed by atoms with E-state index in [0.717, 1.165) is 19.5 Å². The van der Waals surface area contributed by atoms with Crippen LogP contribution >= 0.6 is 0 Å². The molecule has 118 valence electrons. The molecule has 0 aromatic carbocycles. The van der Waals surface area contributed by atoms with Crippen molar-refractivity contribution < 1.29 is 4.79 Å². The zero-order valence-corrected chi connectivity index (χ0v) is 13.7. The molecular formula is C16H33N3O. The summed E-state index contributed by atoms with van der Waals surface area (Å²) in [6.07, 6.45) is 7.36. The first kappa shape index (κ1) is 17.4. The molecule has 0 bridgehead atoms. The second kappa shape index (κ2) is 7.99. The SMILES string of the molecule is CC(C)NC(C)(CC(C)N1CCCCCCC1)C(N)=O. The number of likely N-dealkylation sites (tertiary alicyclic amines) is 1. The molecular weight excluding hydrogens is 250 g/mol. The van der Waals surface area contributed by atoms with Crippen molar-refractivity contribution in [3.8, 4) is 0 Å². The third kappa shape index (κ3) is 5.41. The maximum absolute atomic E-state index is 11.8. The van der Waals surface area contributed by atoms with E-state index in [9.17, 15) is 4.79 Å². The first-order valence-electron chi connectivity index (χ1n) is 8.17. The second-order valence-corrected chi connectivity index (χ2v) is 6.85. The lowest BCUT2D eigenvalue weighted by Gasteiger charge is -2.37. The van der Waals surface area contributed by atoms with Crippen molar-refractivity contribution in [2.45, 2.75) is 83.8 Å². The molecule has 0 aliphatic carbocycles. The zero-order chi connectivity index (χ0) is 15.2. The van der Waals surface area contributed by atoms with Gasteiger partial charge in [-0.25, -0.2) is 0 Å². The lowest BCUT2D eigenvalue weighted by atomic mass is 9.90. The molecule has 0 radical (unpaired) electrons. The molecule has 20 heavy (non-hydrogen) atoms. The van der Waals surface area contributed by atoms with E-state index in [1.165, 1.54) is 32.1 Å². The van der Waals surface area contributed by atoms with E-state index in [4.69, 9.17) is 5.73 Å². The normalized spacial score (nSPS) is 22.9. The van der Waals surface area contributed by atoms with Gasteiger partial charge in [0.25, 0.3) is 0 Å². The van der Waals surface area contributed by atoms with E-state index in [1.807, 2.05) is 6.92 Å². The van der Waals surface area contributed by atoms with Gasteiger partial charge in [-0.3, -0.25) is 4.79 Å². The molecule has 1 fully saturated rings. The Balaban J connectivity index is 2.63. The molecule has 0 saturated carbocycles. The molecule has 1 aliphatic rings. The summed E-state index contributed by atoms with van der Waals surface area (Å²) in [4.78, 5) is 14.4. The van der Waals surface area contributed by atoms with E-state index in [2.05, 4.69) is 31.0 Å². The fourth-order valence-electron chi connectivity index (χ4n) is 3.30. The monoisotopic (exact) mass is 283 g/mol. The highest BCUT2D eigenvalue weighted by Crippen LogP contribution is 2.20. The number of primary amides is 1. The number of hydrogen-bond donors (Lipinski definition) is 2. The van der Waals surface area contributed by atoms with Gasteiger partial charge in [-0.2, -0.15) is 0 Å². The van der Waals surface area contributed by atoms with E-state index in [-0.39, 0.29) is 11.9 Å². The number of nitrogens with zero attached hydrogens (tertiary/aromatic N) is 1. The van der Waals surface area contributed by atoms with Crippen LogP contribution in [-0.2, 0) is 4.79 Å². The van der Waals surface area contributed by atoms with E-state index in [0.29, 0.717) is 6.04 Å². The van der Waals surface area contributed by atoms with Crippen molar-refractivity contribution in [3.05, 3.63) is 0 Å². The summed E-state index contributed by atoms with van der Waals surface area (Å²) in [5.74, 6) is -0.245. The van der Waals surface area contributed by atoms with Crippen LogP contribution in [0.1, 0.15) is 66.2 Å². The molecule has 2 unspecified atom stereocenters. The van der Waals surface area contributed by atoms with Crippen LogP contribution in [0.15, 0.2) is 0 Å². The van der Waals surface area contributed by atoms with Gasteiger partial charge in [-0.05, 0) is 60.0 Å². The lowest BCUT2D eigenvalue weighted by Crippen LogP contribution is -2.58. The highest BCUT2D eigenvalue weighted by Gasteiger charge is 2.34. The van der Waals surface area contributed by atoms with Crippen molar-refractivity contribution >= 4 is 5.91 Å². The fraction of sp³-hybridized carbons (Fsp3) is 0.938. The predicted molar refractivity (Wildman–Crippen MR) is 84.6 cm³/mol. The van der Waals surface area contributed by atoms with Gasteiger partial charge in [0.05, 0.1) is 5.54 Å². The summed E-state index contributed by atoms with van der Waals surface area (Å²) in [5, 5.41) is 3.35. The Hall–Kier alpha value is -0.610. The van der Waals surface area contributed by atoms with Crippen LogP contribution in [0, 0.1) is 0 Å². The predicted octanol–water partition coefficient (Wildman–Crippen LogP) is 2.27. The highest BCUT2D eigenvalue weighted by atomic mass is 16.1. The van der Waals surface area contributed by atoms with Crippen LogP contribution in [-0.4, -0.2) is 41.5 Å². The Morgan fingerprint density at radius 3 is 2.10 bits per heavy atom. The molecule has 1 heterocycles. The minimum Gasteiger partial charge on any atom is -0.368 e. The van der Waals surface area contributed by atoms with Crippen LogP contribution in [0.3, 0.4) is 0 Å². The Morgan fingerprint density at radius 1 is 1.15 bits per heavy atom. The highest BCUT2D eigenvalue weighted by molar-refractivity contribution is 5.84. The molecule has 2 atom stereocenters. The molecule has 0 spiro atoms. The van der Waals surface area contributed by atoms with Gasteiger partial charge >= 0.3 is 0 Å². The van der Waals surface area contributed by atoms with Crippen LogP contribution in [0.4, 0.5) is 0 Å². The van der Waals surface area contributed by atoms with Gasteiger partial charge < -0.3 is 16.0 Å². The van der Waals surface area contributed by atoms with Gasteiger partial charge in [-0.1, -0.05) is 19.3 Å². The van der Waals surface area contributed by atoms with Crippen molar-refractivity contribution in [1.29, 1.82) is 0 Å². The first-order valence-corrected chi connectivity index (χ1v) is 8.17. The smallest absolute Gasteiger partial charge is 0.237 e. The molecule has 1 amide bonds. The van der Waals surface area contributed by atoms with Gasteiger partial charge in [0.15, 0.2) is 0 Å². The molecule has 4 heteroatoms. The summed E-state index contributed by atoms with van der Waals surface area (Å²) in [7, 11) is 0. The largest absolute Gasteiger partial charge is 0.368 e. The molecule has 0 aromatic heterocycles. The van der Waals surface area contributed by atoms with Crippen LogP contribution in [0.2, 0.25) is 0 Å². The number of nitrogens with two attached hydrogens (primary N) is 1. The third-order valence-electron chi connectivity index (χ3n) is 4.37. The van der Waals surface area contributed by atoms with Crippen molar-refractivity contribution in [2.24, 2.45) is 5.73 Å². The topological polar surface area (TPSA) is 58.4 Å². The molecule has 0 aromatic rings. The number of carbonyl (C=O) groups is 1. The van der Waals surface area contributed by atoms with Crippen LogP contribution < -0.4 is 11.1 Å². The minimum absolute atomic E-state index is 0.245. The second-order valence-electron chi connectivity index (χ2n) is 6.85. The van der Waals surface area contributed by atoms with Crippen molar-refractivity contribution in [3.63, 3.8) is 0 Å². The summed E-state index contributed by atoms with van der Waals surface area (Å²) in [6.45, 7) is 10.6. The summed E-state index contributed by atoms with van der Waals surface area (Å²) in [6, 6.07) is 0.642. The maximum atomic E-state index is 11.8. The average molecular weight is 283 g/mol. The van der Waals surface area contributed by atoms with E-state index >= 15 is 0 Å². The summed E-state index contributed by atoms with van der Waals surface area (Å²) >= 11 is 0. The number of nitrogens with one attached hydrogen (secondary N) is 1. The van der Waals surface area contributed by atoms with E-state index < -0.39 is 5.54 Å². The Morgan fingerprint density at radius 2 is 1.65 bits per heavy atom. The molecule has 1 saturated heterocycles. The number of carbonyl (C=O) groups excluding carboxylic acids is 1. The van der Waals surface area contributed by atoms with Gasteiger partial charge in [0.2, 0.25) is 5.91 Å². The third-order valence-corrected chi connectivity index (χ3v) is 4.37. The van der Waals surface area contributed by atoms with Crippen molar-refractivity contribution in [2.75, 3.05) is 13.1 Å². The zero-order valence-electron chi connectivity index (χ0n) is 13.7. The maximum Gasteiger partial charge on any atom is 0.237 e. The first-order chi connectivity index (χ1) is 9.35. The van der Waals surface area contributed by atoms with Crippen LogP contribution in [0.5, 0.6) is 0 Å². The number of amides is 1. The Kier molecular flexibility index (Phi) is 6.96. The van der Waals surface area contributed by atoms with Gasteiger partial charge in [-0.15, -0.1) is 0 Å². The Labute approximate surface area is 124 Å². The average Bonchev–Trinajstić information content (AvgIpc) is 2.26. The summed E-state index contributed by atoms with van der Waals surface area (Å²) < 4.78 is 0. The van der Waals surface area contributed by atoms with Gasteiger partial charge in [0.1, 0.15) is 0 Å². The van der Waals surface area contributed by atoms with Crippen molar-refractivity contribution in [1.82, 2.24) is 10.2 Å². The quantitative estimate of drug-likeness (QED) is 0.786. The molecule has 4 nitrogen and oxygen atoms in total. The van der Waals surface area contributed by atoms with E-state index in [1.54, 1.807) is 0 Å². The lowest BCUT2D eigenvalue weighted by molar-refractivity contribution is -0.125. The van der Waals surface area contributed by atoms with Crippen LogP contribution in [0.25, 0.3) is 0 Å². The molecule has 1 aliphatic heterocycles. The molecule has 1 rings (SSSR count). The van der Waals surface area contributed by atoms with Gasteiger partial charge in [0, 0.05) is 12.1 Å². The number of hydrogen-bond acceptors (Lipinski definition) is 3. The Bertz CT molecular complexity index is 298. The number of rotatable bonds is 6. The fourth-order valence-corrected chi connectivity index (χ4v) is 3.30. The minimum atomic E-state index is -0.615. The molecule has 3 N–H and O–H groups in total.